The Morgan fingerprint density at radius 3 is 2.54 bits per heavy atom. The van der Waals surface area contributed by atoms with Crippen LogP contribution < -0.4 is 20.1 Å². The van der Waals surface area contributed by atoms with Crippen molar-refractivity contribution in [1.29, 1.82) is 0 Å². The first-order valence-electron chi connectivity index (χ1n) is 7.71. The molecule has 0 unspecified atom stereocenters. The second-order valence-corrected chi connectivity index (χ2v) is 5.50. The lowest BCUT2D eigenvalue weighted by Gasteiger charge is -2.10. The number of methoxy groups -OCH3 is 1. The van der Waals surface area contributed by atoms with E-state index >= 15 is 0 Å². The maximum absolute atomic E-state index is 11.7. The van der Waals surface area contributed by atoms with Crippen LogP contribution in [0, 0.1) is 0 Å². The number of ether oxygens (including phenoxy) is 2. The maximum Gasteiger partial charge on any atom is 0.315 e. The molecule has 0 fully saturated rings. The van der Waals surface area contributed by atoms with E-state index in [1.54, 1.807) is 13.2 Å². The van der Waals surface area contributed by atoms with Crippen molar-refractivity contribution in [3.63, 3.8) is 0 Å². The highest BCUT2D eigenvalue weighted by atomic mass is 35.5. The van der Waals surface area contributed by atoms with Crippen LogP contribution in [0.4, 0.5) is 4.79 Å². The van der Waals surface area contributed by atoms with E-state index in [1.165, 1.54) is 0 Å². The molecule has 0 heterocycles. The standard InChI is InChI=1S/C18H21ClN2O3/c1-23-15-9-7-14(8-10-15)13-21-18(22)20-11-4-12-24-17-6-3-2-5-16(17)19/h2-3,5-10H,4,11-13H2,1H3,(H2,20,21,22). The Bertz CT molecular complexity index is 647. The van der Waals surface area contributed by atoms with Gasteiger partial charge in [-0.05, 0) is 36.2 Å². The van der Waals surface area contributed by atoms with Gasteiger partial charge in [-0.2, -0.15) is 0 Å². The summed E-state index contributed by atoms with van der Waals surface area (Å²) in [6.07, 6.45) is 0.696. The molecule has 0 aliphatic carbocycles. The average Bonchev–Trinajstić information content (AvgIpc) is 2.61. The molecule has 2 rings (SSSR count). The number of nitrogens with one attached hydrogen (secondary N) is 2. The van der Waals surface area contributed by atoms with Crippen LogP contribution in [0.5, 0.6) is 11.5 Å². The summed E-state index contributed by atoms with van der Waals surface area (Å²) in [7, 11) is 1.62. The molecule has 5 nitrogen and oxygen atoms in total. The highest BCUT2D eigenvalue weighted by Crippen LogP contribution is 2.22. The van der Waals surface area contributed by atoms with Crippen molar-refractivity contribution in [3.8, 4) is 11.5 Å². The van der Waals surface area contributed by atoms with Crippen LogP contribution in [-0.4, -0.2) is 26.3 Å². The quantitative estimate of drug-likeness (QED) is 0.716. The van der Waals surface area contributed by atoms with Crippen LogP contribution in [0.1, 0.15) is 12.0 Å². The fourth-order valence-electron chi connectivity index (χ4n) is 2.01. The van der Waals surface area contributed by atoms with Crippen LogP contribution in [0.15, 0.2) is 48.5 Å². The van der Waals surface area contributed by atoms with Crippen molar-refractivity contribution in [3.05, 3.63) is 59.1 Å². The van der Waals surface area contributed by atoms with Crippen molar-refractivity contribution in [2.75, 3.05) is 20.3 Å². The molecule has 0 bridgehead atoms. The number of hydrogen-bond acceptors (Lipinski definition) is 3. The van der Waals surface area contributed by atoms with Crippen LogP contribution in [-0.2, 0) is 6.54 Å². The number of rotatable bonds is 8. The van der Waals surface area contributed by atoms with Crippen molar-refractivity contribution in [2.45, 2.75) is 13.0 Å². The zero-order chi connectivity index (χ0) is 17.2. The zero-order valence-corrected chi connectivity index (χ0v) is 14.3. The Morgan fingerprint density at radius 2 is 1.83 bits per heavy atom. The minimum atomic E-state index is -0.205. The van der Waals surface area contributed by atoms with Gasteiger partial charge < -0.3 is 20.1 Å². The maximum atomic E-state index is 11.7. The van der Waals surface area contributed by atoms with Gasteiger partial charge in [-0.15, -0.1) is 0 Å². The molecule has 128 valence electrons. The van der Waals surface area contributed by atoms with E-state index in [1.807, 2.05) is 42.5 Å². The van der Waals surface area contributed by atoms with Crippen molar-refractivity contribution < 1.29 is 14.3 Å². The highest BCUT2D eigenvalue weighted by Gasteiger charge is 2.02. The third kappa shape index (κ3) is 6.01. The molecular weight excluding hydrogens is 328 g/mol. The minimum absolute atomic E-state index is 0.205. The lowest BCUT2D eigenvalue weighted by atomic mass is 10.2. The largest absolute Gasteiger partial charge is 0.497 e. The zero-order valence-electron chi connectivity index (χ0n) is 13.5. The van der Waals surface area contributed by atoms with Crippen molar-refractivity contribution >= 4 is 17.6 Å². The van der Waals surface area contributed by atoms with E-state index in [2.05, 4.69) is 10.6 Å². The monoisotopic (exact) mass is 348 g/mol. The van der Waals surface area contributed by atoms with Gasteiger partial charge in [0.1, 0.15) is 11.5 Å². The molecule has 6 heteroatoms. The van der Waals surface area contributed by atoms with E-state index in [9.17, 15) is 4.79 Å². The van der Waals surface area contributed by atoms with Gasteiger partial charge in [0, 0.05) is 13.1 Å². The van der Waals surface area contributed by atoms with E-state index in [0.29, 0.717) is 36.9 Å². The molecule has 2 N–H and O–H groups in total. The van der Waals surface area contributed by atoms with Gasteiger partial charge in [-0.25, -0.2) is 4.79 Å². The number of para-hydroxylation sites is 1. The molecule has 0 spiro atoms. The second-order valence-electron chi connectivity index (χ2n) is 5.09. The van der Waals surface area contributed by atoms with Crippen molar-refractivity contribution in [2.24, 2.45) is 0 Å². The van der Waals surface area contributed by atoms with Gasteiger partial charge in [-0.1, -0.05) is 35.9 Å². The SMILES string of the molecule is COc1ccc(CNC(=O)NCCCOc2ccccc2Cl)cc1. The van der Waals surface area contributed by atoms with Gasteiger partial charge in [-0.3, -0.25) is 0 Å². The molecule has 0 radical (unpaired) electrons. The molecule has 0 aliphatic rings. The van der Waals surface area contributed by atoms with Gasteiger partial charge in [0.2, 0.25) is 0 Å². The molecule has 0 saturated carbocycles. The minimum Gasteiger partial charge on any atom is -0.497 e. The van der Waals surface area contributed by atoms with Gasteiger partial charge in [0.15, 0.2) is 0 Å². The van der Waals surface area contributed by atoms with Gasteiger partial charge in [0.25, 0.3) is 0 Å². The Morgan fingerprint density at radius 1 is 1.08 bits per heavy atom. The summed E-state index contributed by atoms with van der Waals surface area (Å²) in [4.78, 5) is 11.7. The van der Waals surface area contributed by atoms with Crippen LogP contribution in [0.2, 0.25) is 5.02 Å². The normalized spacial score (nSPS) is 10.1. The summed E-state index contributed by atoms with van der Waals surface area (Å²) in [5.74, 6) is 1.45. The van der Waals surface area contributed by atoms with Crippen molar-refractivity contribution in [1.82, 2.24) is 10.6 Å². The number of halogens is 1. The molecular formula is C18H21ClN2O3. The van der Waals surface area contributed by atoms with Crippen LogP contribution in [0.25, 0.3) is 0 Å². The first-order chi connectivity index (χ1) is 11.7. The molecule has 2 amide bonds. The van der Waals surface area contributed by atoms with Crippen LogP contribution in [0.3, 0.4) is 0 Å². The average molecular weight is 349 g/mol. The topological polar surface area (TPSA) is 59.6 Å². The third-order valence-electron chi connectivity index (χ3n) is 3.31. The Kier molecular flexibility index (Phi) is 7.23. The summed E-state index contributed by atoms with van der Waals surface area (Å²) < 4.78 is 10.6. The number of urea groups is 1. The van der Waals surface area contributed by atoms with Crippen LogP contribution >= 0.6 is 11.6 Å². The third-order valence-corrected chi connectivity index (χ3v) is 3.63. The molecule has 0 aliphatic heterocycles. The number of carbonyl (C=O) groups excluding carboxylic acids is 1. The van der Waals surface area contributed by atoms with Gasteiger partial charge >= 0.3 is 6.03 Å². The van der Waals surface area contributed by atoms with E-state index in [-0.39, 0.29) is 6.03 Å². The molecule has 24 heavy (non-hydrogen) atoms. The van der Waals surface area contributed by atoms with E-state index < -0.39 is 0 Å². The second kappa shape index (κ2) is 9.67. The predicted octanol–water partition coefficient (Wildman–Crippen LogP) is 3.62. The highest BCUT2D eigenvalue weighted by molar-refractivity contribution is 6.32. The summed E-state index contributed by atoms with van der Waals surface area (Å²) in [5.41, 5.74) is 1.01. The Hall–Kier alpha value is -2.40. The number of hydrogen-bond donors (Lipinski definition) is 2. The Labute approximate surface area is 146 Å². The predicted molar refractivity (Wildman–Crippen MR) is 94.8 cm³/mol. The number of carbonyl (C=O) groups is 1. The first kappa shape index (κ1) is 17.9. The van der Waals surface area contributed by atoms with Gasteiger partial charge in [0.05, 0.1) is 18.7 Å². The summed E-state index contributed by atoms with van der Waals surface area (Å²) in [6.45, 7) is 1.48. The lowest BCUT2D eigenvalue weighted by Crippen LogP contribution is -2.35. The molecule has 0 atom stereocenters. The number of amides is 2. The molecule has 2 aromatic rings. The summed E-state index contributed by atoms with van der Waals surface area (Å²) in [5, 5.41) is 6.18. The molecule has 0 saturated heterocycles. The lowest BCUT2D eigenvalue weighted by molar-refractivity contribution is 0.238. The smallest absolute Gasteiger partial charge is 0.315 e. The first-order valence-corrected chi connectivity index (χ1v) is 8.09. The fourth-order valence-corrected chi connectivity index (χ4v) is 2.20. The Balaban J connectivity index is 1.58. The van der Waals surface area contributed by atoms with E-state index in [4.69, 9.17) is 21.1 Å². The number of benzene rings is 2. The summed E-state index contributed by atoms with van der Waals surface area (Å²) >= 11 is 5.99. The molecule has 0 aromatic heterocycles. The molecule has 2 aromatic carbocycles. The fraction of sp³-hybridized carbons (Fsp3) is 0.278. The van der Waals surface area contributed by atoms with E-state index in [0.717, 1.165) is 11.3 Å². The summed E-state index contributed by atoms with van der Waals surface area (Å²) in [6, 6.07) is 14.7.